The van der Waals surface area contributed by atoms with E-state index in [0.29, 0.717) is 30.2 Å². The minimum Gasteiger partial charge on any atom is -0.475 e. The molecule has 0 saturated heterocycles. The first-order valence-corrected chi connectivity index (χ1v) is 5.60. The summed E-state index contributed by atoms with van der Waals surface area (Å²) >= 11 is 0. The van der Waals surface area contributed by atoms with E-state index in [4.69, 9.17) is 9.26 Å². The van der Waals surface area contributed by atoms with Crippen LogP contribution in [0.1, 0.15) is 46.3 Å². The lowest BCUT2D eigenvalue weighted by atomic mass is 9.96. The Labute approximate surface area is 91.8 Å². The van der Waals surface area contributed by atoms with Crippen molar-refractivity contribution in [2.24, 2.45) is 11.8 Å². The third kappa shape index (κ3) is 3.57. The van der Waals surface area contributed by atoms with Crippen molar-refractivity contribution in [3.05, 3.63) is 11.8 Å². The van der Waals surface area contributed by atoms with Crippen LogP contribution in [-0.4, -0.2) is 11.8 Å². The highest BCUT2D eigenvalue weighted by molar-refractivity contribution is 5.14. The average Bonchev–Trinajstić information content (AvgIpc) is 2.61. The van der Waals surface area contributed by atoms with E-state index in [1.807, 2.05) is 6.07 Å². The van der Waals surface area contributed by atoms with Crippen LogP contribution in [0.25, 0.3) is 0 Å². The van der Waals surface area contributed by atoms with Crippen LogP contribution < -0.4 is 4.74 Å². The molecule has 0 aliphatic rings. The highest BCUT2D eigenvalue weighted by atomic mass is 16.5. The van der Waals surface area contributed by atoms with Crippen LogP contribution in [-0.2, 0) is 0 Å². The van der Waals surface area contributed by atoms with Gasteiger partial charge < -0.3 is 9.26 Å². The lowest BCUT2D eigenvalue weighted by molar-refractivity contribution is 0.240. The van der Waals surface area contributed by atoms with Crippen LogP contribution in [0.3, 0.4) is 0 Å². The highest BCUT2D eigenvalue weighted by Gasteiger charge is 2.16. The molecule has 1 aromatic heterocycles. The molecule has 0 amide bonds. The first-order chi connectivity index (χ1) is 7.00. The summed E-state index contributed by atoms with van der Waals surface area (Å²) in [6.45, 7) is 11.4. The van der Waals surface area contributed by atoms with Crippen LogP contribution in [0.4, 0.5) is 0 Å². The zero-order valence-electron chi connectivity index (χ0n) is 10.3. The molecule has 0 bridgehead atoms. The quantitative estimate of drug-likeness (QED) is 0.748. The molecule has 1 heterocycles. The van der Waals surface area contributed by atoms with E-state index in [0.717, 1.165) is 5.76 Å². The van der Waals surface area contributed by atoms with Gasteiger partial charge in [-0.2, -0.15) is 0 Å². The van der Waals surface area contributed by atoms with Gasteiger partial charge in [0.15, 0.2) is 0 Å². The fraction of sp³-hybridized carbons (Fsp3) is 0.750. The molecule has 0 aliphatic heterocycles. The Bertz CT molecular complexity index is 292. The average molecular weight is 211 g/mol. The van der Waals surface area contributed by atoms with Crippen molar-refractivity contribution in [2.45, 2.75) is 40.5 Å². The van der Waals surface area contributed by atoms with Gasteiger partial charge in [-0.1, -0.05) is 34.6 Å². The van der Waals surface area contributed by atoms with E-state index >= 15 is 0 Å². The zero-order chi connectivity index (χ0) is 11.4. The van der Waals surface area contributed by atoms with Gasteiger partial charge in [0.2, 0.25) is 0 Å². The lowest BCUT2D eigenvalue weighted by Gasteiger charge is -2.10. The van der Waals surface area contributed by atoms with E-state index in [-0.39, 0.29) is 0 Å². The molecule has 0 unspecified atom stereocenters. The molecule has 0 fully saturated rings. The molecule has 0 N–H and O–H groups in total. The third-order valence-corrected chi connectivity index (χ3v) is 2.52. The van der Waals surface area contributed by atoms with E-state index in [9.17, 15) is 0 Å². The van der Waals surface area contributed by atoms with Crippen LogP contribution in [0, 0.1) is 11.8 Å². The lowest BCUT2D eigenvalue weighted by Crippen LogP contribution is -2.04. The molecule has 1 atom stereocenters. The van der Waals surface area contributed by atoms with Crippen LogP contribution in [0.15, 0.2) is 10.6 Å². The van der Waals surface area contributed by atoms with Crippen LogP contribution in [0.2, 0.25) is 0 Å². The van der Waals surface area contributed by atoms with Gasteiger partial charge in [-0.3, -0.25) is 0 Å². The van der Waals surface area contributed by atoms with Gasteiger partial charge in [-0.15, -0.1) is 0 Å². The van der Waals surface area contributed by atoms with Crippen molar-refractivity contribution in [2.75, 3.05) is 6.61 Å². The number of aromatic nitrogens is 1. The maximum absolute atomic E-state index is 5.47. The topological polar surface area (TPSA) is 35.3 Å². The number of hydrogen-bond acceptors (Lipinski definition) is 3. The number of nitrogens with zero attached hydrogens (tertiary/aromatic N) is 1. The summed E-state index contributed by atoms with van der Waals surface area (Å²) in [6.07, 6.45) is 0. The normalized spacial score (nSPS) is 13.5. The van der Waals surface area contributed by atoms with Crippen LogP contribution in [0.5, 0.6) is 5.88 Å². The smallest absolute Gasteiger partial charge is 0.254 e. The summed E-state index contributed by atoms with van der Waals surface area (Å²) in [5, 5.41) is 3.89. The Morgan fingerprint density at radius 1 is 1.27 bits per heavy atom. The molecule has 0 aromatic carbocycles. The largest absolute Gasteiger partial charge is 0.475 e. The summed E-state index contributed by atoms with van der Waals surface area (Å²) < 4.78 is 10.7. The number of hydrogen-bond donors (Lipinski definition) is 0. The monoisotopic (exact) mass is 211 g/mol. The zero-order valence-corrected chi connectivity index (χ0v) is 10.3. The third-order valence-electron chi connectivity index (χ3n) is 2.52. The second-order valence-electron chi connectivity index (χ2n) is 4.81. The van der Waals surface area contributed by atoms with Crippen molar-refractivity contribution in [3.63, 3.8) is 0 Å². The van der Waals surface area contributed by atoms with Gasteiger partial charge in [-0.05, 0) is 17.0 Å². The molecule has 0 radical (unpaired) electrons. The van der Waals surface area contributed by atoms with Gasteiger partial charge in [0.1, 0.15) is 5.76 Å². The summed E-state index contributed by atoms with van der Waals surface area (Å²) in [7, 11) is 0. The Balaban J connectivity index is 2.56. The summed E-state index contributed by atoms with van der Waals surface area (Å²) in [4.78, 5) is 0. The predicted octanol–water partition coefficient (Wildman–Crippen LogP) is 3.47. The molecule has 86 valence electrons. The Morgan fingerprint density at radius 2 is 1.93 bits per heavy atom. The maximum atomic E-state index is 5.47. The van der Waals surface area contributed by atoms with Crippen molar-refractivity contribution >= 4 is 0 Å². The van der Waals surface area contributed by atoms with Crippen LogP contribution >= 0.6 is 0 Å². The van der Waals surface area contributed by atoms with E-state index in [2.05, 4.69) is 39.8 Å². The Hall–Kier alpha value is -0.990. The Kier molecular flexibility index (Phi) is 4.18. The van der Waals surface area contributed by atoms with E-state index in [1.165, 1.54) is 0 Å². The molecule has 15 heavy (non-hydrogen) atoms. The SMILES string of the molecule is CC(C)COc1cc([C@@H](C)C(C)C)on1. The minimum atomic E-state index is 0.383. The summed E-state index contributed by atoms with van der Waals surface area (Å²) in [5.74, 6) is 2.95. The van der Waals surface area contributed by atoms with Gasteiger partial charge in [-0.25, -0.2) is 0 Å². The molecular formula is C12H21NO2. The molecule has 3 nitrogen and oxygen atoms in total. The molecule has 0 saturated carbocycles. The van der Waals surface area contributed by atoms with Crippen molar-refractivity contribution in [3.8, 4) is 5.88 Å². The van der Waals surface area contributed by atoms with Gasteiger partial charge in [0.05, 0.1) is 6.61 Å². The standard InChI is InChI=1S/C12H21NO2/c1-8(2)7-14-12-6-11(15-13-12)10(5)9(3)4/h6,8-10H,7H2,1-5H3/t10-/m0/s1. The van der Waals surface area contributed by atoms with E-state index < -0.39 is 0 Å². The fourth-order valence-electron chi connectivity index (χ4n) is 1.14. The molecular weight excluding hydrogens is 190 g/mol. The number of ether oxygens (including phenoxy) is 1. The Morgan fingerprint density at radius 3 is 2.47 bits per heavy atom. The van der Waals surface area contributed by atoms with Gasteiger partial charge in [0, 0.05) is 12.0 Å². The summed E-state index contributed by atoms with van der Waals surface area (Å²) in [5.41, 5.74) is 0. The molecule has 3 heteroatoms. The van der Waals surface area contributed by atoms with Crippen molar-refractivity contribution < 1.29 is 9.26 Å². The second kappa shape index (κ2) is 5.19. The molecule has 0 aliphatic carbocycles. The van der Waals surface area contributed by atoms with Crippen molar-refractivity contribution in [1.29, 1.82) is 0 Å². The maximum Gasteiger partial charge on any atom is 0.254 e. The molecule has 0 spiro atoms. The first kappa shape index (κ1) is 12.1. The predicted molar refractivity (Wildman–Crippen MR) is 60.1 cm³/mol. The van der Waals surface area contributed by atoms with E-state index in [1.54, 1.807) is 0 Å². The second-order valence-corrected chi connectivity index (χ2v) is 4.81. The van der Waals surface area contributed by atoms with Crippen molar-refractivity contribution in [1.82, 2.24) is 5.16 Å². The molecule has 1 rings (SSSR count). The summed E-state index contributed by atoms with van der Waals surface area (Å²) in [6, 6.07) is 1.90. The fourth-order valence-corrected chi connectivity index (χ4v) is 1.14. The minimum absolute atomic E-state index is 0.383. The first-order valence-electron chi connectivity index (χ1n) is 5.60. The molecule has 1 aromatic rings. The number of rotatable bonds is 5. The highest BCUT2D eigenvalue weighted by Crippen LogP contribution is 2.26. The van der Waals surface area contributed by atoms with Gasteiger partial charge in [0.25, 0.3) is 5.88 Å². The van der Waals surface area contributed by atoms with Gasteiger partial charge >= 0.3 is 0 Å².